The van der Waals surface area contributed by atoms with Crippen molar-refractivity contribution < 1.29 is 81.0 Å². The summed E-state index contributed by atoms with van der Waals surface area (Å²) in [6.07, 6.45) is -15.0. The Morgan fingerprint density at radius 3 is 1.24 bits per heavy atom. The highest BCUT2D eigenvalue weighted by Crippen LogP contribution is 2.49. The van der Waals surface area contributed by atoms with Gasteiger partial charge in [-0.3, -0.25) is 9.59 Å². The minimum atomic E-state index is -4.95. The number of nitrogens with one attached hydrogen (secondary N) is 2. The summed E-state index contributed by atoms with van der Waals surface area (Å²) in [4.78, 5) is 39.5. The van der Waals surface area contributed by atoms with E-state index in [2.05, 4.69) is 15.6 Å². The van der Waals surface area contributed by atoms with E-state index in [1.54, 1.807) is 6.20 Å². The van der Waals surface area contributed by atoms with Crippen LogP contribution in [-0.2, 0) is 64.9 Å². The third kappa shape index (κ3) is 14.2. The minimum Gasteiger partial charge on any atom is -0.446 e. The summed E-state index contributed by atoms with van der Waals surface area (Å²) in [5.41, 5.74) is -7.30. The van der Waals surface area contributed by atoms with Crippen LogP contribution in [-0.4, -0.2) is 41.8 Å². The van der Waals surface area contributed by atoms with E-state index in [0.717, 1.165) is 11.1 Å². The van der Waals surface area contributed by atoms with E-state index < -0.39 is 81.1 Å². The van der Waals surface area contributed by atoms with Gasteiger partial charge in [0.2, 0.25) is 11.8 Å². The van der Waals surface area contributed by atoms with Crippen LogP contribution in [0.5, 0.6) is 0 Å². The fourth-order valence-corrected chi connectivity index (χ4v) is 9.98. The van der Waals surface area contributed by atoms with Gasteiger partial charge in [0.25, 0.3) is 0 Å². The van der Waals surface area contributed by atoms with Gasteiger partial charge in [0, 0.05) is 24.7 Å². The Labute approximate surface area is 424 Å². The number of hydrogen-bond acceptors (Lipinski definition) is 7. The largest absolute Gasteiger partial charge is 0.446 e. The normalized spacial score (nSPS) is 23.3. The number of aldehydes is 1. The first kappa shape index (κ1) is 58.0. The fourth-order valence-electron chi connectivity index (χ4n) is 9.98. The fraction of sp³-hybridized carbons (Fsp3) is 0.444. The molecular formula is C54H55F12N3O6. The number of halogens is 12. The molecule has 2 saturated carbocycles. The molecule has 2 aliphatic carbocycles. The van der Waals surface area contributed by atoms with E-state index in [-0.39, 0.29) is 48.3 Å². The number of oxazole rings is 1. The van der Waals surface area contributed by atoms with Crippen molar-refractivity contribution in [3.05, 3.63) is 160 Å². The molecule has 75 heavy (non-hydrogen) atoms. The molecule has 2 aliphatic rings. The Balaban J connectivity index is 0.000000245. The molecule has 0 bridgehead atoms. The summed E-state index contributed by atoms with van der Waals surface area (Å²) in [7, 11) is 0. The van der Waals surface area contributed by atoms with Crippen LogP contribution in [0.15, 0.2) is 114 Å². The van der Waals surface area contributed by atoms with Crippen LogP contribution in [0.1, 0.15) is 142 Å². The predicted molar refractivity (Wildman–Crippen MR) is 249 cm³/mol. The maximum atomic E-state index is 13.4. The summed E-state index contributed by atoms with van der Waals surface area (Å²) < 4.78 is 178. The highest BCUT2D eigenvalue weighted by Gasteiger charge is 2.48. The average molecular weight is 1070 g/mol. The molecule has 406 valence electrons. The molecule has 21 heteroatoms. The quantitative estimate of drug-likeness (QED) is 0.0839. The Bertz CT molecular complexity index is 2640. The number of carbonyl (C=O) groups excluding carboxylic acids is 3. The molecule has 1 aromatic heterocycles. The van der Waals surface area contributed by atoms with Gasteiger partial charge in [0.05, 0.1) is 65.0 Å². The molecule has 5 aromatic rings. The van der Waals surface area contributed by atoms with Gasteiger partial charge >= 0.3 is 24.7 Å². The molecule has 2 atom stereocenters. The van der Waals surface area contributed by atoms with Crippen LogP contribution in [0.4, 0.5) is 52.7 Å². The first-order valence-corrected chi connectivity index (χ1v) is 23.8. The lowest BCUT2D eigenvalue weighted by atomic mass is 9.64. The molecule has 1 heterocycles. The van der Waals surface area contributed by atoms with Crippen molar-refractivity contribution in [2.75, 3.05) is 13.2 Å². The number of alkyl halides is 12. The van der Waals surface area contributed by atoms with Gasteiger partial charge in [0.1, 0.15) is 12.0 Å². The van der Waals surface area contributed by atoms with E-state index in [0.29, 0.717) is 87.7 Å². The lowest BCUT2D eigenvalue weighted by Crippen LogP contribution is -2.54. The predicted octanol–water partition coefficient (Wildman–Crippen LogP) is 13.7. The minimum absolute atomic E-state index is 0.00475. The van der Waals surface area contributed by atoms with E-state index in [4.69, 9.17) is 13.9 Å². The van der Waals surface area contributed by atoms with Crippen LogP contribution >= 0.6 is 0 Å². The van der Waals surface area contributed by atoms with Gasteiger partial charge in [-0.1, -0.05) is 60.7 Å². The number of amides is 2. The third-order valence-corrected chi connectivity index (χ3v) is 14.3. The third-order valence-electron chi connectivity index (χ3n) is 14.3. The van der Waals surface area contributed by atoms with Crippen molar-refractivity contribution in [2.24, 2.45) is 0 Å². The molecule has 0 radical (unpaired) electrons. The van der Waals surface area contributed by atoms with Gasteiger partial charge in [-0.05, 0) is 124 Å². The highest BCUT2D eigenvalue weighted by atomic mass is 19.4. The molecule has 0 spiro atoms. The second-order valence-corrected chi connectivity index (χ2v) is 19.5. The molecule has 0 saturated heterocycles. The molecule has 7 rings (SSSR count). The van der Waals surface area contributed by atoms with Gasteiger partial charge in [-0.15, -0.1) is 0 Å². The highest BCUT2D eigenvalue weighted by molar-refractivity contribution is 5.80. The standard InChI is InChI=1S/C28H28F6N2O3.C26H27F6NO3/c1-18(20-12-22(27(29,30)31)14-23(13-20)28(32,33)34)38-16-25(21-6-4-3-5-7-21)8-10-26(11-9-25,36-19(2)37)24-15-35-17-39-24;1-17(19-12-21(25(27,28)29)14-22(13-19)26(30,31)32)36-16-23(20-6-4-3-5-7-20)8-10-24(15-34,11-9-23)33-18(2)35/h3-7,12-15,17-18H,8-11,16H2,1-2H3,(H,36,37);3-7,12-15,17H,8-11,16H2,1-2H3,(H,33,35)/t18-,25?,26?;17-,23?,24?/m11/s1. The zero-order valence-corrected chi connectivity index (χ0v) is 41.1. The first-order valence-electron chi connectivity index (χ1n) is 23.8. The number of benzene rings is 4. The summed E-state index contributed by atoms with van der Waals surface area (Å²) in [5, 5.41) is 5.70. The zero-order chi connectivity index (χ0) is 55.3. The first-order chi connectivity index (χ1) is 34.9. The molecule has 2 N–H and O–H groups in total. The summed E-state index contributed by atoms with van der Waals surface area (Å²) >= 11 is 0. The van der Waals surface area contributed by atoms with E-state index >= 15 is 0 Å². The van der Waals surface area contributed by atoms with Gasteiger partial charge < -0.3 is 29.3 Å². The van der Waals surface area contributed by atoms with Crippen LogP contribution in [0.3, 0.4) is 0 Å². The molecule has 4 aromatic carbocycles. The van der Waals surface area contributed by atoms with Gasteiger partial charge in [-0.2, -0.15) is 52.7 Å². The molecule has 9 nitrogen and oxygen atoms in total. The number of rotatable bonds is 14. The Hall–Kier alpha value is -6.22. The van der Waals surface area contributed by atoms with E-state index in [1.165, 1.54) is 34.1 Å². The van der Waals surface area contributed by atoms with E-state index in [1.807, 2.05) is 60.7 Å². The smallest absolute Gasteiger partial charge is 0.416 e. The maximum Gasteiger partial charge on any atom is 0.416 e. The van der Waals surface area contributed by atoms with Gasteiger partial charge in [0.15, 0.2) is 6.39 Å². The van der Waals surface area contributed by atoms with Crippen molar-refractivity contribution in [1.82, 2.24) is 15.6 Å². The molecule has 2 amide bonds. The molecule has 0 aliphatic heterocycles. The Morgan fingerprint density at radius 1 is 0.573 bits per heavy atom. The monoisotopic (exact) mass is 1070 g/mol. The van der Waals surface area contributed by atoms with Crippen LogP contribution in [0, 0.1) is 0 Å². The van der Waals surface area contributed by atoms with Gasteiger partial charge in [-0.25, -0.2) is 4.98 Å². The number of aromatic nitrogens is 1. The number of carbonyl (C=O) groups is 3. The topological polar surface area (TPSA) is 120 Å². The summed E-state index contributed by atoms with van der Waals surface area (Å²) in [5.74, 6) is -0.0741. The van der Waals surface area contributed by atoms with Crippen molar-refractivity contribution in [3.63, 3.8) is 0 Å². The van der Waals surface area contributed by atoms with Crippen molar-refractivity contribution in [1.29, 1.82) is 0 Å². The van der Waals surface area contributed by atoms with Crippen LogP contribution in [0.25, 0.3) is 0 Å². The second kappa shape index (κ2) is 22.5. The molecular weight excluding hydrogens is 1010 g/mol. The van der Waals surface area contributed by atoms with Crippen molar-refractivity contribution in [3.8, 4) is 0 Å². The van der Waals surface area contributed by atoms with Crippen molar-refractivity contribution in [2.45, 2.75) is 138 Å². The molecule has 2 fully saturated rings. The number of nitrogens with zero attached hydrogens (tertiary/aromatic N) is 1. The average Bonchev–Trinajstić information content (AvgIpc) is 3.92. The maximum absolute atomic E-state index is 13.4. The Morgan fingerprint density at radius 2 is 0.933 bits per heavy atom. The number of hydrogen-bond donors (Lipinski definition) is 2. The lowest BCUT2D eigenvalue weighted by molar-refractivity contribution is -0.145. The van der Waals surface area contributed by atoms with Crippen LogP contribution < -0.4 is 10.6 Å². The van der Waals surface area contributed by atoms with Crippen molar-refractivity contribution >= 4 is 18.1 Å². The zero-order valence-electron chi connectivity index (χ0n) is 41.1. The second-order valence-electron chi connectivity index (χ2n) is 19.5. The Kier molecular flexibility index (Phi) is 17.5. The SMILES string of the molecule is CC(=O)NC1(C=O)CCC(CO[C@H](C)c2cc(C(F)(F)F)cc(C(F)(F)F)c2)(c2ccccc2)CC1.CC(=O)NC1(c2cnco2)CCC(CO[C@H](C)c2cc(C(F)(F)F)cc(C(F)(F)F)c2)(c2ccccc2)CC1. The lowest BCUT2D eigenvalue weighted by Gasteiger charge is -2.46. The summed E-state index contributed by atoms with van der Waals surface area (Å²) in [6, 6.07) is 21.5. The molecule has 0 unspecified atom stereocenters. The number of ether oxygens (including phenoxy) is 2. The van der Waals surface area contributed by atoms with E-state index in [9.17, 15) is 67.1 Å². The summed E-state index contributed by atoms with van der Waals surface area (Å²) in [6.45, 7) is 5.62. The van der Waals surface area contributed by atoms with Crippen LogP contribution in [0.2, 0.25) is 0 Å².